The Morgan fingerprint density at radius 1 is 1.50 bits per heavy atom. The van der Waals surface area contributed by atoms with Gasteiger partial charge in [0.15, 0.2) is 0 Å². The molecule has 100 valence electrons. The Hall–Kier alpha value is -1.56. The third kappa shape index (κ3) is 2.64. The van der Waals surface area contributed by atoms with E-state index in [0.717, 1.165) is 32.6 Å². The molecule has 0 aliphatic carbocycles. The maximum Gasteiger partial charge on any atom is 0.272 e. The number of nitrogens with one attached hydrogen (secondary N) is 1. The number of hydrogen-bond donors (Lipinski definition) is 2. The molecular formula is C12H21N5O. The minimum absolute atomic E-state index is 0.0111. The number of anilines is 1. The van der Waals surface area contributed by atoms with Gasteiger partial charge >= 0.3 is 0 Å². The molecule has 2 rings (SSSR count). The van der Waals surface area contributed by atoms with E-state index in [1.165, 1.54) is 0 Å². The number of carbonyl (C=O) groups is 1. The van der Waals surface area contributed by atoms with Gasteiger partial charge in [-0.2, -0.15) is 5.10 Å². The van der Waals surface area contributed by atoms with Crippen LogP contribution >= 0.6 is 0 Å². The summed E-state index contributed by atoms with van der Waals surface area (Å²) in [7, 11) is 0. The van der Waals surface area contributed by atoms with Crippen LogP contribution in [0.1, 0.15) is 30.8 Å². The number of rotatable bonds is 3. The Labute approximate surface area is 107 Å². The fraction of sp³-hybridized carbons (Fsp3) is 0.667. The summed E-state index contributed by atoms with van der Waals surface area (Å²) in [5.41, 5.74) is 5.98. The molecule has 0 spiro atoms. The molecule has 6 heteroatoms. The lowest BCUT2D eigenvalue weighted by atomic mass is 10.2. The molecule has 1 saturated heterocycles. The van der Waals surface area contributed by atoms with Gasteiger partial charge in [-0.25, -0.2) is 0 Å². The number of nitrogens with zero attached hydrogens (tertiary/aromatic N) is 3. The van der Waals surface area contributed by atoms with Gasteiger partial charge in [0.05, 0.1) is 0 Å². The zero-order valence-corrected chi connectivity index (χ0v) is 11.0. The molecule has 3 N–H and O–H groups in total. The van der Waals surface area contributed by atoms with Crippen molar-refractivity contribution in [2.24, 2.45) is 0 Å². The van der Waals surface area contributed by atoms with Crippen molar-refractivity contribution in [3.05, 3.63) is 11.8 Å². The summed E-state index contributed by atoms with van der Waals surface area (Å²) in [5, 5.41) is 6.45. The molecule has 18 heavy (non-hydrogen) atoms. The zero-order chi connectivity index (χ0) is 13.1. The summed E-state index contributed by atoms with van der Waals surface area (Å²) in [4.78, 5) is 16.4. The zero-order valence-electron chi connectivity index (χ0n) is 11.0. The molecule has 0 bridgehead atoms. The van der Waals surface area contributed by atoms with Gasteiger partial charge in [0.1, 0.15) is 11.5 Å². The molecule has 0 radical (unpaired) electrons. The number of hydrogen-bond acceptors (Lipinski definition) is 4. The predicted molar refractivity (Wildman–Crippen MR) is 70.2 cm³/mol. The Bertz CT molecular complexity index is 408. The van der Waals surface area contributed by atoms with Crippen molar-refractivity contribution < 1.29 is 4.79 Å². The third-order valence-electron chi connectivity index (χ3n) is 3.64. The number of amides is 1. The lowest BCUT2D eigenvalue weighted by Gasteiger charge is -2.37. The van der Waals surface area contributed by atoms with Gasteiger partial charge < -0.3 is 10.6 Å². The normalized spacial score (nSPS) is 18.9. The van der Waals surface area contributed by atoms with Crippen molar-refractivity contribution in [3.63, 3.8) is 0 Å². The molecule has 1 atom stereocenters. The van der Waals surface area contributed by atoms with Crippen LogP contribution in [0, 0.1) is 0 Å². The van der Waals surface area contributed by atoms with E-state index in [4.69, 9.17) is 5.73 Å². The highest BCUT2D eigenvalue weighted by Gasteiger charge is 2.24. The Morgan fingerprint density at radius 2 is 2.17 bits per heavy atom. The topological polar surface area (TPSA) is 78.2 Å². The molecule has 1 fully saturated rings. The first-order chi connectivity index (χ1) is 8.61. The van der Waals surface area contributed by atoms with E-state index in [2.05, 4.69) is 28.9 Å². The van der Waals surface area contributed by atoms with Crippen molar-refractivity contribution in [2.75, 3.05) is 31.9 Å². The maximum absolute atomic E-state index is 12.1. The first kappa shape index (κ1) is 12.9. The second-order valence-corrected chi connectivity index (χ2v) is 4.79. The third-order valence-corrected chi connectivity index (χ3v) is 3.64. The average Bonchev–Trinajstić information content (AvgIpc) is 2.84. The quantitative estimate of drug-likeness (QED) is 0.822. The van der Waals surface area contributed by atoms with Crippen LogP contribution in [0.5, 0.6) is 0 Å². The number of nitrogen functional groups attached to an aromatic ring is 1. The smallest absolute Gasteiger partial charge is 0.272 e. The molecule has 0 saturated carbocycles. The highest BCUT2D eigenvalue weighted by atomic mass is 16.2. The number of aromatic amines is 1. The van der Waals surface area contributed by atoms with Crippen molar-refractivity contribution in [3.8, 4) is 0 Å². The fourth-order valence-corrected chi connectivity index (χ4v) is 2.24. The van der Waals surface area contributed by atoms with Crippen LogP contribution in [0.3, 0.4) is 0 Å². The summed E-state index contributed by atoms with van der Waals surface area (Å²) in [6.07, 6.45) is 1.14. The van der Waals surface area contributed by atoms with Gasteiger partial charge in [0, 0.05) is 38.3 Å². The van der Waals surface area contributed by atoms with Crippen LogP contribution in [0.4, 0.5) is 5.82 Å². The van der Waals surface area contributed by atoms with Crippen LogP contribution < -0.4 is 5.73 Å². The summed E-state index contributed by atoms with van der Waals surface area (Å²) >= 11 is 0. The van der Waals surface area contributed by atoms with Gasteiger partial charge in [-0.3, -0.25) is 14.8 Å². The first-order valence-corrected chi connectivity index (χ1v) is 6.46. The summed E-state index contributed by atoms with van der Waals surface area (Å²) in [6.45, 7) is 7.82. The van der Waals surface area contributed by atoms with Gasteiger partial charge in [-0.1, -0.05) is 6.92 Å². The van der Waals surface area contributed by atoms with Crippen LogP contribution in [0.15, 0.2) is 6.07 Å². The van der Waals surface area contributed by atoms with E-state index < -0.39 is 0 Å². The van der Waals surface area contributed by atoms with E-state index in [0.29, 0.717) is 17.6 Å². The Morgan fingerprint density at radius 3 is 2.67 bits per heavy atom. The molecule has 1 aromatic heterocycles. The molecule has 1 aromatic rings. The second-order valence-electron chi connectivity index (χ2n) is 4.79. The fourth-order valence-electron chi connectivity index (χ4n) is 2.24. The van der Waals surface area contributed by atoms with Crippen LogP contribution in [-0.4, -0.2) is 58.1 Å². The van der Waals surface area contributed by atoms with E-state index in [1.54, 1.807) is 6.07 Å². The summed E-state index contributed by atoms with van der Waals surface area (Å²) in [5.74, 6) is 0.347. The molecule has 1 unspecified atom stereocenters. The maximum atomic E-state index is 12.1. The van der Waals surface area contributed by atoms with Crippen LogP contribution in [0.25, 0.3) is 0 Å². The van der Waals surface area contributed by atoms with Gasteiger partial charge in [-0.05, 0) is 13.3 Å². The Kier molecular flexibility index (Phi) is 3.86. The largest absolute Gasteiger partial charge is 0.382 e. The van der Waals surface area contributed by atoms with E-state index in [9.17, 15) is 4.79 Å². The minimum atomic E-state index is -0.0111. The number of carbonyl (C=O) groups excluding carboxylic acids is 1. The number of H-pyrrole nitrogens is 1. The lowest BCUT2D eigenvalue weighted by Crippen LogP contribution is -2.51. The van der Waals surface area contributed by atoms with E-state index in [1.807, 2.05) is 4.90 Å². The highest BCUT2D eigenvalue weighted by molar-refractivity contribution is 5.93. The standard InChI is InChI=1S/C12H21N5O/c1-3-9(2)16-4-6-17(7-5-16)12(18)10-8-11(13)15-14-10/h8-9H,3-7H2,1-2H3,(H3,13,14,15). The Balaban J connectivity index is 1.92. The summed E-state index contributed by atoms with van der Waals surface area (Å²) in [6, 6.07) is 2.17. The SMILES string of the molecule is CCC(C)N1CCN(C(=O)c2cc(N)n[nH]2)CC1. The number of aromatic nitrogens is 2. The van der Waals surface area contributed by atoms with Crippen LogP contribution in [-0.2, 0) is 0 Å². The molecular weight excluding hydrogens is 230 g/mol. The van der Waals surface area contributed by atoms with E-state index in [-0.39, 0.29) is 5.91 Å². The molecule has 1 aliphatic heterocycles. The van der Waals surface area contributed by atoms with Crippen molar-refractivity contribution in [2.45, 2.75) is 26.3 Å². The first-order valence-electron chi connectivity index (χ1n) is 6.46. The average molecular weight is 251 g/mol. The second kappa shape index (κ2) is 5.39. The highest BCUT2D eigenvalue weighted by Crippen LogP contribution is 2.11. The number of piperazine rings is 1. The van der Waals surface area contributed by atoms with Crippen molar-refractivity contribution >= 4 is 11.7 Å². The van der Waals surface area contributed by atoms with E-state index >= 15 is 0 Å². The van der Waals surface area contributed by atoms with Crippen molar-refractivity contribution in [1.82, 2.24) is 20.0 Å². The molecule has 1 aliphatic rings. The molecule has 1 amide bonds. The van der Waals surface area contributed by atoms with Crippen LogP contribution in [0.2, 0.25) is 0 Å². The monoisotopic (exact) mass is 251 g/mol. The summed E-state index contributed by atoms with van der Waals surface area (Å²) < 4.78 is 0. The molecule has 2 heterocycles. The molecule has 6 nitrogen and oxygen atoms in total. The lowest BCUT2D eigenvalue weighted by molar-refractivity contribution is 0.0574. The predicted octanol–water partition coefficient (Wildman–Crippen LogP) is 0.548. The van der Waals surface area contributed by atoms with Gasteiger partial charge in [0.25, 0.3) is 5.91 Å². The van der Waals surface area contributed by atoms with Gasteiger partial charge in [0.2, 0.25) is 0 Å². The van der Waals surface area contributed by atoms with Gasteiger partial charge in [-0.15, -0.1) is 0 Å². The number of nitrogens with two attached hydrogens (primary N) is 1. The van der Waals surface area contributed by atoms with Crippen molar-refractivity contribution in [1.29, 1.82) is 0 Å². The minimum Gasteiger partial charge on any atom is -0.382 e. The molecule has 0 aromatic carbocycles.